The van der Waals surface area contributed by atoms with Crippen LogP contribution in [-0.2, 0) is 16.6 Å². The van der Waals surface area contributed by atoms with Crippen LogP contribution < -0.4 is 10.5 Å². The van der Waals surface area contributed by atoms with Crippen LogP contribution in [0.5, 0.6) is 0 Å². The molecule has 0 saturated carbocycles. The van der Waals surface area contributed by atoms with E-state index in [1.54, 1.807) is 19.1 Å². The quantitative estimate of drug-likeness (QED) is 0.736. The van der Waals surface area contributed by atoms with E-state index >= 15 is 0 Å². The highest BCUT2D eigenvalue weighted by Crippen LogP contribution is 2.24. The molecule has 9 heteroatoms. The van der Waals surface area contributed by atoms with Gasteiger partial charge < -0.3 is 4.42 Å². The molecule has 2 aromatic heterocycles. The van der Waals surface area contributed by atoms with Gasteiger partial charge >= 0.3 is 5.76 Å². The number of nitrogens with one attached hydrogen (secondary N) is 2. The minimum absolute atomic E-state index is 0.0361. The molecule has 0 spiro atoms. The zero-order valence-corrected chi connectivity index (χ0v) is 13.3. The molecule has 0 fully saturated rings. The molecule has 0 aliphatic carbocycles. The Hall–Kier alpha value is -1.97. The lowest BCUT2D eigenvalue weighted by atomic mass is 10.1. The Labute approximate surface area is 130 Å². The van der Waals surface area contributed by atoms with Crippen molar-refractivity contribution in [3.63, 3.8) is 0 Å². The fourth-order valence-electron chi connectivity index (χ4n) is 1.90. The Morgan fingerprint density at radius 1 is 1.41 bits per heavy atom. The molecule has 116 valence electrons. The Morgan fingerprint density at radius 3 is 3.00 bits per heavy atom. The number of H-pyrrole nitrogens is 1. The van der Waals surface area contributed by atoms with Crippen LogP contribution in [0, 0.1) is 0 Å². The van der Waals surface area contributed by atoms with Crippen LogP contribution >= 0.6 is 11.3 Å². The molecule has 7 nitrogen and oxygen atoms in total. The molecular formula is C13H13N3O4S2. The van der Waals surface area contributed by atoms with Crippen molar-refractivity contribution in [2.75, 3.05) is 5.75 Å². The maximum absolute atomic E-state index is 11.4. The standard InChI is InChI=1S/C13H13N3O4S2/c1-2-22(18,19)14-6-12-15-10(7-21-12)8-3-4-9-11(5-8)20-13(17)16-9/h3-5,7,14H,2,6H2,1H3,(H,16,17). The second kappa shape index (κ2) is 5.67. The average molecular weight is 339 g/mol. The van der Waals surface area contributed by atoms with Crippen molar-refractivity contribution in [1.82, 2.24) is 14.7 Å². The summed E-state index contributed by atoms with van der Waals surface area (Å²) in [4.78, 5) is 18.1. The number of benzene rings is 1. The van der Waals surface area contributed by atoms with E-state index in [4.69, 9.17) is 4.42 Å². The maximum atomic E-state index is 11.4. The van der Waals surface area contributed by atoms with Gasteiger partial charge in [0.05, 0.1) is 23.5 Å². The van der Waals surface area contributed by atoms with Gasteiger partial charge in [-0.3, -0.25) is 4.98 Å². The van der Waals surface area contributed by atoms with E-state index in [0.29, 0.717) is 21.8 Å². The number of rotatable bonds is 5. The molecule has 0 radical (unpaired) electrons. The number of hydrogen-bond acceptors (Lipinski definition) is 6. The van der Waals surface area contributed by atoms with Gasteiger partial charge in [0.1, 0.15) is 5.01 Å². The van der Waals surface area contributed by atoms with E-state index in [-0.39, 0.29) is 12.3 Å². The SMILES string of the molecule is CCS(=O)(=O)NCc1nc(-c2ccc3[nH]c(=O)oc3c2)cs1. The molecule has 0 atom stereocenters. The predicted molar refractivity (Wildman–Crippen MR) is 84.2 cm³/mol. The highest BCUT2D eigenvalue weighted by atomic mass is 32.2. The number of nitrogens with zero attached hydrogens (tertiary/aromatic N) is 1. The fourth-order valence-corrected chi connectivity index (χ4v) is 3.30. The van der Waals surface area contributed by atoms with Crippen molar-refractivity contribution in [3.05, 3.63) is 39.1 Å². The minimum atomic E-state index is -3.24. The van der Waals surface area contributed by atoms with Crippen LogP contribution in [-0.4, -0.2) is 24.1 Å². The predicted octanol–water partition coefficient (Wildman–Crippen LogP) is 1.68. The zero-order chi connectivity index (χ0) is 15.7. The summed E-state index contributed by atoms with van der Waals surface area (Å²) in [5.41, 5.74) is 2.60. The topological polar surface area (TPSA) is 105 Å². The van der Waals surface area contributed by atoms with Crippen LogP contribution in [0.1, 0.15) is 11.9 Å². The van der Waals surface area contributed by atoms with E-state index in [1.165, 1.54) is 11.3 Å². The van der Waals surface area contributed by atoms with E-state index in [0.717, 1.165) is 5.56 Å². The first-order chi connectivity index (χ1) is 10.5. The summed E-state index contributed by atoms with van der Waals surface area (Å²) in [6, 6.07) is 5.29. The third kappa shape index (κ3) is 3.11. The van der Waals surface area contributed by atoms with Crippen molar-refractivity contribution in [2.24, 2.45) is 0 Å². The summed E-state index contributed by atoms with van der Waals surface area (Å²) in [6.45, 7) is 1.75. The van der Waals surface area contributed by atoms with E-state index < -0.39 is 15.8 Å². The number of hydrogen-bond donors (Lipinski definition) is 2. The Kier molecular flexibility index (Phi) is 3.85. The van der Waals surface area contributed by atoms with Crippen molar-refractivity contribution in [3.8, 4) is 11.3 Å². The molecule has 0 unspecified atom stereocenters. The Bertz CT molecular complexity index is 969. The number of aromatic amines is 1. The van der Waals surface area contributed by atoms with Gasteiger partial charge in [-0.25, -0.2) is 22.9 Å². The number of fused-ring (bicyclic) bond motifs is 1. The Balaban J connectivity index is 1.84. The molecule has 22 heavy (non-hydrogen) atoms. The molecule has 2 N–H and O–H groups in total. The molecule has 2 heterocycles. The second-order valence-corrected chi connectivity index (χ2v) is 7.61. The normalized spacial score (nSPS) is 12.0. The van der Waals surface area contributed by atoms with Crippen LogP contribution in [0.3, 0.4) is 0 Å². The third-order valence-corrected chi connectivity index (χ3v) is 5.28. The van der Waals surface area contributed by atoms with Gasteiger partial charge in [-0.15, -0.1) is 11.3 Å². The lowest BCUT2D eigenvalue weighted by molar-refractivity contribution is 0.555. The molecule has 1 aromatic carbocycles. The lowest BCUT2D eigenvalue weighted by Crippen LogP contribution is -2.24. The Morgan fingerprint density at radius 2 is 2.23 bits per heavy atom. The number of sulfonamides is 1. The smallest absolute Gasteiger partial charge is 0.408 e. The number of oxazole rings is 1. The summed E-state index contributed by atoms with van der Waals surface area (Å²) in [5, 5.41) is 2.50. The second-order valence-electron chi connectivity index (χ2n) is 4.58. The van der Waals surface area contributed by atoms with E-state index in [9.17, 15) is 13.2 Å². The van der Waals surface area contributed by atoms with Crippen LogP contribution in [0.4, 0.5) is 0 Å². The first kappa shape index (κ1) is 14.9. The molecular weight excluding hydrogens is 326 g/mol. The summed E-state index contributed by atoms with van der Waals surface area (Å²) in [5.74, 6) is -0.464. The summed E-state index contributed by atoms with van der Waals surface area (Å²) >= 11 is 1.37. The zero-order valence-electron chi connectivity index (χ0n) is 11.6. The van der Waals surface area contributed by atoms with Crippen LogP contribution in [0.25, 0.3) is 22.4 Å². The van der Waals surface area contributed by atoms with Gasteiger partial charge in [0.15, 0.2) is 5.58 Å². The molecule has 0 saturated heterocycles. The number of thiazole rings is 1. The van der Waals surface area contributed by atoms with E-state index in [1.807, 2.05) is 11.4 Å². The van der Waals surface area contributed by atoms with Crippen LogP contribution in [0.15, 0.2) is 32.8 Å². The first-order valence-corrected chi connectivity index (χ1v) is 9.05. The summed E-state index contributed by atoms with van der Waals surface area (Å²) in [6.07, 6.45) is 0. The highest BCUT2D eigenvalue weighted by molar-refractivity contribution is 7.89. The monoisotopic (exact) mass is 339 g/mol. The molecule has 0 aliphatic rings. The molecule has 0 bridgehead atoms. The minimum Gasteiger partial charge on any atom is -0.408 e. The third-order valence-electron chi connectivity index (χ3n) is 3.09. The largest absolute Gasteiger partial charge is 0.417 e. The lowest BCUT2D eigenvalue weighted by Gasteiger charge is -2.01. The van der Waals surface area contributed by atoms with E-state index in [2.05, 4.69) is 14.7 Å². The maximum Gasteiger partial charge on any atom is 0.417 e. The molecule has 0 amide bonds. The van der Waals surface area contributed by atoms with Crippen molar-refractivity contribution in [1.29, 1.82) is 0 Å². The van der Waals surface area contributed by atoms with Gasteiger partial charge in [0.25, 0.3) is 0 Å². The average Bonchev–Trinajstić information content (AvgIpc) is 3.09. The van der Waals surface area contributed by atoms with Crippen molar-refractivity contribution < 1.29 is 12.8 Å². The molecule has 3 rings (SSSR count). The summed E-state index contributed by atoms with van der Waals surface area (Å²) < 4.78 is 30.3. The molecule has 3 aromatic rings. The molecule has 0 aliphatic heterocycles. The van der Waals surface area contributed by atoms with Gasteiger partial charge in [-0.2, -0.15) is 0 Å². The van der Waals surface area contributed by atoms with Crippen LogP contribution in [0.2, 0.25) is 0 Å². The first-order valence-electron chi connectivity index (χ1n) is 6.52. The van der Waals surface area contributed by atoms with Gasteiger partial charge in [-0.05, 0) is 19.1 Å². The van der Waals surface area contributed by atoms with Gasteiger partial charge in [0, 0.05) is 10.9 Å². The van der Waals surface area contributed by atoms with Gasteiger partial charge in [0.2, 0.25) is 10.0 Å². The fraction of sp³-hybridized carbons (Fsp3) is 0.231. The van der Waals surface area contributed by atoms with Gasteiger partial charge in [-0.1, -0.05) is 6.07 Å². The highest BCUT2D eigenvalue weighted by Gasteiger charge is 2.10. The van der Waals surface area contributed by atoms with Crippen molar-refractivity contribution >= 4 is 32.5 Å². The number of aromatic nitrogens is 2. The summed E-state index contributed by atoms with van der Waals surface area (Å²) in [7, 11) is -3.24. The van der Waals surface area contributed by atoms with Crippen molar-refractivity contribution in [2.45, 2.75) is 13.5 Å².